The zero-order valence-electron chi connectivity index (χ0n) is 9.71. The Bertz CT molecular complexity index is 519. The molecule has 0 aromatic heterocycles. The van der Waals surface area contributed by atoms with Gasteiger partial charge in [-0.1, -0.05) is 12.1 Å². The first-order valence-electron chi connectivity index (χ1n) is 5.14. The van der Waals surface area contributed by atoms with E-state index in [-0.39, 0.29) is 17.8 Å². The van der Waals surface area contributed by atoms with Crippen LogP contribution in [0, 0.1) is 29.4 Å². The van der Waals surface area contributed by atoms with Crippen molar-refractivity contribution in [3.63, 3.8) is 0 Å². The number of terminal acetylenes is 1. The largest absolute Gasteiger partial charge is 0.480 e. The molecule has 6 nitrogen and oxygen atoms in total. The molecule has 0 radical (unpaired) electrons. The monoisotopic (exact) mass is 248 g/mol. The van der Waals surface area contributed by atoms with Gasteiger partial charge >= 0.3 is 5.97 Å². The summed E-state index contributed by atoms with van der Waals surface area (Å²) in [5.74, 6) is 1.07. The first-order chi connectivity index (χ1) is 8.47. The number of aryl methyl sites for hydroxylation is 1. The number of hydrogen-bond acceptors (Lipinski definition) is 4. The Balaban J connectivity index is 3.10. The van der Waals surface area contributed by atoms with E-state index in [0.717, 1.165) is 0 Å². The molecule has 1 atom stereocenters. The van der Waals surface area contributed by atoms with Crippen LogP contribution in [0.4, 0.5) is 11.4 Å². The van der Waals surface area contributed by atoms with E-state index in [1.165, 1.54) is 6.07 Å². The number of nitro benzene ring substituents is 1. The molecule has 0 fully saturated rings. The van der Waals surface area contributed by atoms with Crippen molar-refractivity contribution in [1.82, 2.24) is 0 Å². The van der Waals surface area contributed by atoms with Gasteiger partial charge in [0.1, 0.15) is 11.7 Å². The van der Waals surface area contributed by atoms with Gasteiger partial charge < -0.3 is 10.4 Å². The van der Waals surface area contributed by atoms with Gasteiger partial charge in [0.05, 0.1) is 4.92 Å². The number of carboxylic acid groups (broad SMARTS) is 1. The van der Waals surface area contributed by atoms with Gasteiger partial charge in [-0.15, -0.1) is 12.3 Å². The van der Waals surface area contributed by atoms with E-state index in [1.54, 1.807) is 19.1 Å². The molecule has 18 heavy (non-hydrogen) atoms. The summed E-state index contributed by atoms with van der Waals surface area (Å²) in [5, 5.41) is 22.5. The highest BCUT2D eigenvalue weighted by molar-refractivity contribution is 5.79. The quantitative estimate of drug-likeness (QED) is 0.471. The molecule has 0 amide bonds. The number of hydrogen-bond donors (Lipinski definition) is 2. The third-order valence-electron chi connectivity index (χ3n) is 2.37. The summed E-state index contributed by atoms with van der Waals surface area (Å²) in [4.78, 5) is 21.3. The van der Waals surface area contributed by atoms with E-state index in [2.05, 4.69) is 11.2 Å². The predicted octanol–water partition coefficient (Wildman–Crippen LogP) is 1.79. The lowest BCUT2D eigenvalue weighted by Gasteiger charge is -2.13. The smallest absolute Gasteiger partial charge is 0.327 e. The van der Waals surface area contributed by atoms with Crippen molar-refractivity contribution in [2.75, 3.05) is 5.32 Å². The number of para-hydroxylation sites is 1. The average molecular weight is 248 g/mol. The minimum absolute atomic E-state index is 0.0551. The fourth-order valence-electron chi connectivity index (χ4n) is 1.52. The van der Waals surface area contributed by atoms with Crippen LogP contribution >= 0.6 is 0 Å². The Morgan fingerprint density at radius 1 is 1.67 bits per heavy atom. The lowest BCUT2D eigenvalue weighted by molar-refractivity contribution is -0.384. The number of carboxylic acids is 1. The Morgan fingerprint density at radius 3 is 2.83 bits per heavy atom. The highest BCUT2D eigenvalue weighted by Crippen LogP contribution is 2.28. The summed E-state index contributed by atoms with van der Waals surface area (Å²) < 4.78 is 0. The highest BCUT2D eigenvalue weighted by atomic mass is 16.6. The SMILES string of the molecule is C#CCC(Nc1cccc(C)c1[N+](=O)[O-])C(=O)O. The van der Waals surface area contributed by atoms with E-state index in [0.29, 0.717) is 5.56 Å². The van der Waals surface area contributed by atoms with Gasteiger partial charge in [0.15, 0.2) is 0 Å². The van der Waals surface area contributed by atoms with Crippen molar-refractivity contribution >= 4 is 17.3 Å². The second kappa shape index (κ2) is 5.68. The van der Waals surface area contributed by atoms with Crippen LogP contribution in [0.1, 0.15) is 12.0 Å². The van der Waals surface area contributed by atoms with E-state index >= 15 is 0 Å². The van der Waals surface area contributed by atoms with Crippen molar-refractivity contribution in [3.8, 4) is 12.3 Å². The molecule has 6 heteroatoms. The van der Waals surface area contributed by atoms with Gasteiger partial charge in [0.2, 0.25) is 0 Å². The zero-order valence-corrected chi connectivity index (χ0v) is 9.71. The Hall–Kier alpha value is -2.55. The van der Waals surface area contributed by atoms with Gasteiger partial charge in [-0.25, -0.2) is 4.79 Å². The fourth-order valence-corrected chi connectivity index (χ4v) is 1.52. The van der Waals surface area contributed by atoms with Gasteiger partial charge in [0, 0.05) is 12.0 Å². The molecule has 1 aromatic rings. The van der Waals surface area contributed by atoms with Crippen molar-refractivity contribution in [2.24, 2.45) is 0 Å². The van der Waals surface area contributed by atoms with Gasteiger partial charge in [-0.05, 0) is 13.0 Å². The number of nitrogens with zero attached hydrogens (tertiary/aromatic N) is 1. The van der Waals surface area contributed by atoms with Crippen LogP contribution in [0.25, 0.3) is 0 Å². The van der Waals surface area contributed by atoms with Crippen LogP contribution in [-0.4, -0.2) is 22.0 Å². The van der Waals surface area contributed by atoms with Crippen LogP contribution < -0.4 is 5.32 Å². The van der Waals surface area contributed by atoms with E-state index < -0.39 is 16.9 Å². The van der Waals surface area contributed by atoms with Gasteiger partial charge in [-0.3, -0.25) is 10.1 Å². The summed E-state index contributed by atoms with van der Waals surface area (Å²) in [5.41, 5.74) is 0.471. The molecular formula is C12H12N2O4. The third-order valence-corrected chi connectivity index (χ3v) is 2.37. The number of nitrogens with one attached hydrogen (secondary N) is 1. The molecule has 94 valence electrons. The standard InChI is InChI=1S/C12H12N2O4/c1-3-5-10(12(15)16)13-9-7-4-6-8(2)11(9)14(17)18/h1,4,6-7,10,13H,5H2,2H3,(H,15,16). The normalized spacial score (nSPS) is 11.3. The van der Waals surface area contributed by atoms with Crippen LogP contribution in [0.2, 0.25) is 0 Å². The second-order valence-electron chi connectivity index (χ2n) is 3.67. The van der Waals surface area contributed by atoms with Crippen LogP contribution in [-0.2, 0) is 4.79 Å². The highest BCUT2D eigenvalue weighted by Gasteiger charge is 2.22. The Morgan fingerprint density at radius 2 is 2.33 bits per heavy atom. The second-order valence-corrected chi connectivity index (χ2v) is 3.67. The summed E-state index contributed by atoms with van der Waals surface area (Å²) >= 11 is 0. The predicted molar refractivity (Wildman–Crippen MR) is 66.3 cm³/mol. The Kier molecular flexibility index (Phi) is 4.27. The number of aliphatic carboxylic acids is 1. The molecule has 0 aliphatic rings. The summed E-state index contributed by atoms with van der Waals surface area (Å²) in [6.45, 7) is 1.58. The lowest BCUT2D eigenvalue weighted by Crippen LogP contribution is -2.29. The number of benzene rings is 1. The number of nitro groups is 1. The zero-order chi connectivity index (χ0) is 13.7. The first kappa shape index (κ1) is 13.5. The minimum atomic E-state index is -1.15. The molecule has 1 aromatic carbocycles. The van der Waals surface area contributed by atoms with E-state index in [9.17, 15) is 14.9 Å². The van der Waals surface area contributed by atoms with Gasteiger partial charge in [-0.2, -0.15) is 0 Å². The van der Waals surface area contributed by atoms with Crippen LogP contribution in [0.3, 0.4) is 0 Å². The summed E-state index contributed by atoms with van der Waals surface area (Å²) in [6, 6.07) is 3.60. The Labute approximate surface area is 104 Å². The maximum atomic E-state index is 10.9. The molecule has 0 spiro atoms. The molecule has 0 heterocycles. The topological polar surface area (TPSA) is 92.5 Å². The van der Waals surface area contributed by atoms with Crippen molar-refractivity contribution in [3.05, 3.63) is 33.9 Å². The number of rotatable bonds is 5. The summed E-state index contributed by atoms with van der Waals surface area (Å²) in [6.07, 6.45) is 5.01. The van der Waals surface area contributed by atoms with Crippen LogP contribution in [0.5, 0.6) is 0 Å². The van der Waals surface area contributed by atoms with Crippen molar-refractivity contribution in [1.29, 1.82) is 0 Å². The molecular weight excluding hydrogens is 236 g/mol. The fraction of sp³-hybridized carbons (Fsp3) is 0.250. The molecule has 1 rings (SSSR count). The average Bonchev–Trinajstić information content (AvgIpc) is 2.27. The molecule has 0 bridgehead atoms. The maximum Gasteiger partial charge on any atom is 0.327 e. The third kappa shape index (κ3) is 2.98. The molecule has 2 N–H and O–H groups in total. The number of carbonyl (C=O) groups is 1. The molecule has 0 aliphatic heterocycles. The minimum Gasteiger partial charge on any atom is -0.480 e. The lowest BCUT2D eigenvalue weighted by atomic mass is 10.1. The molecule has 0 saturated heterocycles. The number of anilines is 1. The first-order valence-corrected chi connectivity index (χ1v) is 5.14. The van der Waals surface area contributed by atoms with Crippen molar-refractivity contribution < 1.29 is 14.8 Å². The van der Waals surface area contributed by atoms with Crippen LogP contribution in [0.15, 0.2) is 18.2 Å². The van der Waals surface area contributed by atoms with E-state index in [4.69, 9.17) is 11.5 Å². The van der Waals surface area contributed by atoms with Gasteiger partial charge in [0.25, 0.3) is 5.69 Å². The molecule has 1 unspecified atom stereocenters. The maximum absolute atomic E-state index is 10.9. The van der Waals surface area contributed by atoms with E-state index in [1.807, 2.05) is 0 Å². The molecule has 0 aliphatic carbocycles. The van der Waals surface area contributed by atoms with Crippen molar-refractivity contribution in [2.45, 2.75) is 19.4 Å². The molecule has 0 saturated carbocycles. The summed E-state index contributed by atoms with van der Waals surface area (Å²) in [7, 11) is 0.